The van der Waals surface area contributed by atoms with E-state index < -0.39 is 9.84 Å². The van der Waals surface area contributed by atoms with E-state index >= 15 is 0 Å². The first-order chi connectivity index (χ1) is 8.93. The van der Waals surface area contributed by atoms with Gasteiger partial charge in [0.2, 0.25) is 0 Å². The summed E-state index contributed by atoms with van der Waals surface area (Å²) in [6.45, 7) is 2.80. The molecule has 0 aromatic carbocycles. The first kappa shape index (κ1) is 15.0. The molecule has 0 radical (unpaired) electrons. The van der Waals surface area contributed by atoms with Crippen molar-refractivity contribution < 1.29 is 8.42 Å². The molecule has 0 saturated carbocycles. The second-order valence-corrected chi connectivity index (χ2v) is 8.09. The molecule has 1 N–H and O–H groups in total. The Labute approximate surface area is 122 Å². The summed E-state index contributed by atoms with van der Waals surface area (Å²) in [6.07, 6.45) is 2.31. The summed E-state index contributed by atoms with van der Waals surface area (Å²) in [7, 11) is -0.845. The molecule has 0 amide bonds. The molecule has 0 aliphatic carbocycles. The zero-order valence-corrected chi connectivity index (χ0v) is 13.7. The van der Waals surface area contributed by atoms with Gasteiger partial charge in [-0.05, 0) is 35.2 Å². The first-order valence-corrected chi connectivity index (χ1v) is 9.18. The monoisotopic (exact) mass is 349 g/mol. The van der Waals surface area contributed by atoms with Gasteiger partial charge in [0, 0.05) is 19.6 Å². The molecule has 1 aliphatic rings. The minimum Gasteiger partial charge on any atom is -0.308 e. The summed E-state index contributed by atoms with van der Waals surface area (Å²) >= 11 is 3.59. The molecule has 1 aliphatic heterocycles. The Morgan fingerprint density at radius 2 is 2.05 bits per heavy atom. The number of aryl methyl sites for hydroxylation is 2. The van der Waals surface area contributed by atoms with Crippen LogP contribution in [-0.4, -0.2) is 35.7 Å². The highest BCUT2D eigenvalue weighted by Crippen LogP contribution is 2.22. The van der Waals surface area contributed by atoms with Gasteiger partial charge in [0.15, 0.2) is 0 Å². The molecule has 0 bridgehead atoms. The molecule has 1 fully saturated rings. The largest absolute Gasteiger partial charge is 0.308 e. The zero-order chi connectivity index (χ0) is 14.0. The van der Waals surface area contributed by atoms with Crippen LogP contribution in [0.2, 0.25) is 0 Å². The third-order valence-electron chi connectivity index (χ3n) is 3.62. The summed E-state index contributed by atoms with van der Waals surface area (Å²) in [5.74, 6) is 0.606. The average Bonchev–Trinajstić information content (AvgIpc) is 2.63. The molecular formula is C12H20BrN3O2S. The average molecular weight is 350 g/mol. The Bertz CT molecular complexity index is 540. The van der Waals surface area contributed by atoms with Crippen LogP contribution in [-0.2, 0) is 29.9 Å². The molecule has 5 nitrogen and oxygen atoms in total. The summed E-state index contributed by atoms with van der Waals surface area (Å²) < 4.78 is 25.7. The van der Waals surface area contributed by atoms with Crippen molar-refractivity contribution in [3.05, 3.63) is 15.9 Å². The predicted molar refractivity (Wildman–Crippen MR) is 78.8 cm³/mol. The predicted octanol–water partition coefficient (Wildman–Crippen LogP) is 1.41. The van der Waals surface area contributed by atoms with Gasteiger partial charge in [-0.2, -0.15) is 5.10 Å². The van der Waals surface area contributed by atoms with E-state index in [0.29, 0.717) is 24.3 Å². The fourth-order valence-electron chi connectivity index (χ4n) is 2.35. The summed E-state index contributed by atoms with van der Waals surface area (Å²) in [5, 5.41) is 7.89. The van der Waals surface area contributed by atoms with Crippen molar-refractivity contribution in [2.45, 2.75) is 38.8 Å². The van der Waals surface area contributed by atoms with Crippen molar-refractivity contribution in [1.82, 2.24) is 15.1 Å². The van der Waals surface area contributed by atoms with Crippen LogP contribution < -0.4 is 5.32 Å². The van der Waals surface area contributed by atoms with Crippen molar-refractivity contribution in [2.24, 2.45) is 7.05 Å². The molecule has 0 unspecified atom stereocenters. The Morgan fingerprint density at radius 1 is 1.42 bits per heavy atom. The molecule has 7 heteroatoms. The van der Waals surface area contributed by atoms with E-state index in [0.717, 1.165) is 28.8 Å². The Hall–Kier alpha value is -0.400. The molecule has 1 aromatic heterocycles. The van der Waals surface area contributed by atoms with Crippen molar-refractivity contribution in [3.8, 4) is 0 Å². The van der Waals surface area contributed by atoms with Gasteiger partial charge >= 0.3 is 0 Å². The van der Waals surface area contributed by atoms with Gasteiger partial charge in [0.1, 0.15) is 9.84 Å². The second-order valence-electron chi connectivity index (χ2n) is 4.99. The van der Waals surface area contributed by atoms with Gasteiger partial charge in [-0.3, -0.25) is 4.68 Å². The summed E-state index contributed by atoms with van der Waals surface area (Å²) in [4.78, 5) is 0. The number of halogens is 1. The maximum Gasteiger partial charge on any atom is 0.150 e. The third-order valence-corrected chi connectivity index (χ3v) is 6.25. The van der Waals surface area contributed by atoms with Gasteiger partial charge in [-0.1, -0.05) is 6.92 Å². The molecule has 1 aromatic rings. The van der Waals surface area contributed by atoms with Crippen molar-refractivity contribution >= 4 is 25.8 Å². The standard InChI is InChI=1S/C12H20BrN3O2S/c1-3-10-12(13)11(16(2)15-10)8-14-9-4-6-19(17,18)7-5-9/h9,14H,3-8H2,1-2H3. The lowest BCUT2D eigenvalue weighted by atomic mass is 10.1. The molecule has 108 valence electrons. The van der Waals surface area contributed by atoms with E-state index in [9.17, 15) is 8.42 Å². The van der Waals surface area contributed by atoms with Gasteiger partial charge in [-0.15, -0.1) is 0 Å². The number of hydrogen-bond acceptors (Lipinski definition) is 4. The lowest BCUT2D eigenvalue weighted by Gasteiger charge is -2.23. The SMILES string of the molecule is CCc1nn(C)c(CNC2CCS(=O)(=O)CC2)c1Br. The normalized spacial score (nSPS) is 19.7. The van der Waals surface area contributed by atoms with Gasteiger partial charge in [-0.25, -0.2) is 8.42 Å². The highest BCUT2D eigenvalue weighted by Gasteiger charge is 2.23. The molecule has 2 heterocycles. The maximum absolute atomic E-state index is 11.4. The molecular weight excluding hydrogens is 330 g/mol. The molecule has 19 heavy (non-hydrogen) atoms. The summed E-state index contributed by atoms with van der Waals surface area (Å²) in [6, 6.07) is 0.287. The van der Waals surface area contributed by atoms with Crippen LogP contribution in [0.15, 0.2) is 4.47 Å². The first-order valence-electron chi connectivity index (χ1n) is 6.57. The smallest absolute Gasteiger partial charge is 0.150 e. The lowest BCUT2D eigenvalue weighted by Crippen LogP contribution is -2.37. The van der Waals surface area contributed by atoms with Crippen molar-refractivity contribution in [2.75, 3.05) is 11.5 Å². The van der Waals surface area contributed by atoms with E-state index in [-0.39, 0.29) is 6.04 Å². The zero-order valence-electron chi connectivity index (χ0n) is 11.3. The maximum atomic E-state index is 11.4. The van der Waals surface area contributed by atoms with Gasteiger partial charge in [0.25, 0.3) is 0 Å². The number of nitrogens with zero attached hydrogens (tertiary/aromatic N) is 2. The van der Waals surface area contributed by atoms with E-state index in [1.165, 1.54) is 0 Å². The van der Waals surface area contributed by atoms with E-state index in [4.69, 9.17) is 0 Å². The summed E-state index contributed by atoms with van der Waals surface area (Å²) in [5.41, 5.74) is 2.18. The fraction of sp³-hybridized carbons (Fsp3) is 0.750. The second kappa shape index (κ2) is 5.93. The van der Waals surface area contributed by atoms with Crippen molar-refractivity contribution in [1.29, 1.82) is 0 Å². The van der Waals surface area contributed by atoms with Gasteiger partial charge in [0.05, 0.1) is 27.4 Å². The van der Waals surface area contributed by atoms with Crippen LogP contribution in [0.3, 0.4) is 0 Å². The minimum atomic E-state index is -2.78. The number of hydrogen-bond donors (Lipinski definition) is 1. The number of rotatable bonds is 4. The number of aromatic nitrogens is 2. The highest BCUT2D eigenvalue weighted by atomic mass is 79.9. The van der Waals surface area contributed by atoms with Crippen molar-refractivity contribution in [3.63, 3.8) is 0 Å². The van der Waals surface area contributed by atoms with Crippen LogP contribution in [0.5, 0.6) is 0 Å². The van der Waals surface area contributed by atoms with E-state index in [1.54, 1.807) is 0 Å². The number of sulfone groups is 1. The lowest BCUT2D eigenvalue weighted by molar-refractivity contribution is 0.454. The quantitative estimate of drug-likeness (QED) is 0.892. The Morgan fingerprint density at radius 3 is 2.58 bits per heavy atom. The highest BCUT2D eigenvalue weighted by molar-refractivity contribution is 9.10. The Kier molecular flexibility index (Phi) is 4.68. The molecule has 0 spiro atoms. The number of nitrogens with one attached hydrogen (secondary N) is 1. The van der Waals surface area contributed by atoms with Crippen LogP contribution in [0.1, 0.15) is 31.2 Å². The van der Waals surface area contributed by atoms with Gasteiger partial charge < -0.3 is 5.32 Å². The molecule has 0 atom stereocenters. The fourth-order valence-corrected chi connectivity index (χ4v) is 4.59. The van der Waals surface area contributed by atoms with Crippen LogP contribution in [0, 0.1) is 0 Å². The minimum absolute atomic E-state index is 0.287. The van der Waals surface area contributed by atoms with E-state index in [1.807, 2.05) is 11.7 Å². The molecule has 1 saturated heterocycles. The third kappa shape index (κ3) is 3.58. The molecule has 2 rings (SSSR count). The topological polar surface area (TPSA) is 64.0 Å². The van der Waals surface area contributed by atoms with E-state index in [2.05, 4.69) is 33.3 Å². The van der Waals surface area contributed by atoms with Crippen LogP contribution in [0.25, 0.3) is 0 Å². The Balaban J connectivity index is 1.95. The van der Waals surface area contributed by atoms with Crippen LogP contribution >= 0.6 is 15.9 Å². The van der Waals surface area contributed by atoms with Crippen LogP contribution in [0.4, 0.5) is 0 Å².